The molecule has 2 aromatic rings. The highest BCUT2D eigenvalue weighted by Gasteiger charge is 2.62. The molecule has 126 valence electrons. The van der Waals surface area contributed by atoms with Crippen LogP contribution >= 0.6 is 0 Å². The average Bonchev–Trinajstić information content (AvgIpc) is 3.27. The van der Waals surface area contributed by atoms with Gasteiger partial charge in [0.15, 0.2) is 0 Å². The smallest absolute Gasteiger partial charge is 0.0594 e. The van der Waals surface area contributed by atoms with Gasteiger partial charge in [0.2, 0.25) is 0 Å². The molecular formula is C22H27NO. The lowest BCUT2D eigenvalue weighted by molar-refractivity contribution is 0.0364. The molecule has 1 saturated heterocycles. The molecule has 2 heteroatoms. The molecule has 0 bridgehead atoms. The van der Waals surface area contributed by atoms with Gasteiger partial charge in [-0.1, -0.05) is 67.6 Å². The van der Waals surface area contributed by atoms with Crippen LogP contribution in [-0.4, -0.2) is 37.7 Å². The van der Waals surface area contributed by atoms with Crippen LogP contribution in [0.1, 0.15) is 24.5 Å². The highest BCUT2D eigenvalue weighted by atomic mass is 16.5. The van der Waals surface area contributed by atoms with Gasteiger partial charge in [0.25, 0.3) is 0 Å². The third-order valence-electron chi connectivity index (χ3n) is 6.16. The zero-order valence-electron chi connectivity index (χ0n) is 14.5. The summed E-state index contributed by atoms with van der Waals surface area (Å²) in [5.74, 6) is 1.42. The lowest BCUT2D eigenvalue weighted by Gasteiger charge is -2.27. The largest absolute Gasteiger partial charge is 0.379 e. The minimum atomic E-state index is 0.203. The van der Waals surface area contributed by atoms with Crippen molar-refractivity contribution in [2.75, 3.05) is 32.8 Å². The maximum absolute atomic E-state index is 5.48. The summed E-state index contributed by atoms with van der Waals surface area (Å²) in [6.07, 6.45) is 1.27. The maximum atomic E-state index is 5.48. The first-order valence-electron chi connectivity index (χ1n) is 9.24. The fraction of sp³-hybridized carbons (Fsp3) is 0.455. The third-order valence-corrected chi connectivity index (χ3v) is 6.16. The van der Waals surface area contributed by atoms with Gasteiger partial charge < -0.3 is 4.74 Å². The van der Waals surface area contributed by atoms with Crippen LogP contribution in [0.25, 0.3) is 0 Å². The molecule has 2 aromatic carbocycles. The fourth-order valence-electron chi connectivity index (χ4n) is 4.82. The number of ether oxygens (including phenoxy) is 1. The van der Waals surface area contributed by atoms with E-state index in [9.17, 15) is 0 Å². The summed E-state index contributed by atoms with van der Waals surface area (Å²) in [4.78, 5) is 2.56. The molecule has 0 radical (unpaired) electrons. The van der Waals surface area contributed by atoms with Gasteiger partial charge in [-0.3, -0.25) is 4.90 Å². The molecule has 0 N–H and O–H groups in total. The molecule has 1 heterocycles. The summed E-state index contributed by atoms with van der Waals surface area (Å²) in [7, 11) is 0. The summed E-state index contributed by atoms with van der Waals surface area (Å²) in [5, 5.41) is 0. The van der Waals surface area contributed by atoms with Crippen molar-refractivity contribution in [2.24, 2.45) is 11.8 Å². The molecule has 4 rings (SSSR count). The monoisotopic (exact) mass is 321 g/mol. The van der Waals surface area contributed by atoms with Crippen molar-refractivity contribution < 1.29 is 4.74 Å². The van der Waals surface area contributed by atoms with Crippen molar-refractivity contribution in [1.82, 2.24) is 4.90 Å². The van der Waals surface area contributed by atoms with E-state index in [4.69, 9.17) is 4.74 Å². The Morgan fingerprint density at radius 1 is 0.917 bits per heavy atom. The lowest BCUT2D eigenvalue weighted by atomic mass is 9.84. The van der Waals surface area contributed by atoms with Crippen LogP contribution < -0.4 is 0 Å². The Kier molecular flexibility index (Phi) is 4.43. The second-order valence-corrected chi connectivity index (χ2v) is 7.24. The molecule has 1 aliphatic heterocycles. The van der Waals surface area contributed by atoms with Crippen molar-refractivity contribution in [3.63, 3.8) is 0 Å². The molecule has 2 atom stereocenters. The SMILES string of the molecule is C[C@H]1[C@H](CCN2CCOCC2)C1(c1ccccc1)c1ccccc1. The van der Waals surface area contributed by atoms with Gasteiger partial charge in [0.1, 0.15) is 0 Å². The Bertz CT molecular complexity index is 609. The second kappa shape index (κ2) is 6.70. The van der Waals surface area contributed by atoms with Crippen molar-refractivity contribution in [3.05, 3.63) is 71.8 Å². The van der Waals surface area contributed by atoms with E-state index in [-0.39, 0.29) is 5.41 Å². The summed E-state index contributed by atoms with van der Waals surface area (Å²) >= 11 is 0. The van der Waals surface area contributed by atoms with Gasteiger partial charge in [-0.25, -0.2) is 0 Å². The zero-order valence-corrected chi connectivity index (χ0v) is 14.5. The van der Waals surface area contributed by atoms with Gasteiger partial charge in [0, 0.05) is 18.5 Å². The molecule has 0 amide bonds. The predicted octanol–water partition coefficient (Wildman–Crippen LogP) is 3.96. The molecule has 0 unspecified atom stereocenters. The van der Waals surface area contributed by atoms with Gasteiger partial charge >= 0.3 is 0 Å². The Hall–Kier alpha value is -1.64. The van der Waals surface area contributed by atoms with Gasteiger partial charge in [-0.2, -0.15) is 0 Å². The van der Waals surface area contributed by atoms with Crippen LogP contribution in [0.15, 0.2) is 60.7 Å². The number of morpholine rings is 1. The number of benzene rings is 2. The lowest BCUT2D eigenvalue weighted by Crippen LogP contribution is -2.37. The summed E-state index contributed by atoms with van der Waals surface area (Å²) in [5.41, 5.74) is 3.17. The fourth-order valence-corrected chi connectivity index (χ4v) is 4.82. The van der Waals surface area contributed by atoms with E-state index in [1.807, 2.05) is 0 Å². The molecule has 2 fully saturated rings. The zero-order chi connectivity index (χ0) is 16.4. The van der Waals surface area contributed by atoms with E-state index >= 15 is 0 Å². The van der Waals surface area contributed by atoms with Crippen LogP contribution in [0.4, 0.5) is 0 Å². The second-order valence-electron chi connectivity index (χ2n) is 7.24. The minimum Gasteiger partial charge on any atom is -0.379 e. The molecule has 2 aliphatic rings. The van der Waals surface area contributed by atoms with E-state index in [1.54, 1.807) is 0 Å². The van der Waals surface area contributed by atoms with Crippen molar-refractivity contribution >= 4 is 0 Å². The van der Waals surface area contributed by atoms with E-state index in [1.165, 1.54) is 24.1 Å². The topological polar surface area (TPSA) is 12.5 Å². The van der Waals surface area contributed by atoms with Crippen molar-refractivity contribution in [3.8, 4) is 0 Å². The van der Waals surface area contributed by atoms with Crippen LogP contribution in [0.5, 0.6) is 0 Å². The van der Waals surface area contributed by atoms with E-state index in [2.05, 4.69) is 72.5 Å². The van der Waals surface area contributed by atoms with Crippen molar-refractivity contribution in [1.29, 1.82) is 0 Å². The Morgan fingerprint density at radius 3 is 2.00 bits per heavy atom. The van der Waals surface area contributed by atoms with E-state index < -0.39 is 0 Å². The number of hydrogen-bond acceptors (Lipinski definition) is 2. The Morgan fingerprint density at radius 2 is 1.46 bits per heavy atom. The van der Waals surface area contributed by atoms with Crippen LogP contribution in [0.3, 0.4) is 0 Å². The van der Waals surface area contributed by atoms with Gasteiger partial charge in [-0.05, 0) is 35.9 Å². The minimum absolute atomic E-state index is 0.203. The standard InChI is InChI=1S/C22H27NO/c1-18-21(12-13-23-14-16-24-17-15-23)22(18,19-8-4-2-5-9-19)20-10-6-3-7-11-20/h2-11,18,21H,12-17H2,1H3/t18-,21-/m0/s1. The average molecular weight is 321 g/mol. The highest BCUT2D eigenvalue weighted by molar-refractivity contribution is 5.48. The summed E-state index contributed by atoms with van der Waals surface area (Å²) in [6, 6.07) is 22.3. The molecule has 1 saturated carbocycles. The first kappa shape index (κ1) is 15.9. The van der Waals surface area contributed by atoms with Crippen LogP contribution in [0, 0.1) is 11.8 Å². The molecule has 24 heavy (non-hydrogen) atoms. The Labute approximate surface area is 145 Å². The van der Waals surface area contributed by atoms with Gasteiger partial charge in [0.05, 0.1) is 13.2 Å². The molecule has 0 aromatic heterocycles. The third kappa shape index (κ3) is 2.68. The maximum Gasteiger partial charge on any atom is 0.0594 e. The van der Waals surface area contributed by atoms with Crippen LogP contribution in [-0.2, 0) is 10.2 Å². The first-order chi connectivity index (χ1) is 11.8. The first-order valence-corrected chi connectivity index (χ1v) is 9.24. The quantitative estimate of drug-likeness (QED) is 0.826. The van der Waals surface area contributed by atoms with E-state index in [0.717, 1.165) is 32.2 Å². The number of nitrogens with zero attached hydrogens (tertiary/aromatic N) is 1. The van der Waals surface area contributed by atoms with Crippen LogP contribution in [0.2, 0.25) is 0 Å². The Balaban J connectivity index is 1.58. The van der Waals surface area contributed by atoms with Gasteiger partial charge in [-0.15, -0.1) is 0 Å². The summed E-state index contributed by atoms with van der Waals surface area (Å²) in [6.45, 7) is 7.59. The molecule has 2 nitrogen and oxygen atoms in total. The molecule has 1 aliphatic carbocycles. The summed E-state index contributed by atoms with van der Waals surface area (Å²) < 4.78 is 5.48. The van der Waals surface area contributed by atoms with E-state index in [0.29, 0.717) is 5.92 Å². The molecule has 0 spiro atoms. The highest BCUT2D eigenvalue weighted by Crippen LogP contribution is 2.65. The molecular weight excluding hydrogens is 294 g/mol. The predicted molar refractivity (Wildman–Crippen MR) is 98.2 cm³/mol. The number of hydrogen-bond donors (Lipinski definition) is 0. The normalized spacial score (nSPS) is 26.2. The van der Waals surface area contributed by atoms with Crippen molar-refractivity contribution in [2.45, 2.75) is 18.8 Å². The number of rotatable bonds is 5.